The number of carbonyl (C=O) groups excluding carboxylic acids is 1. The first-order chi connectivity index (χ1) is 10.0. The van der Waals surface area contributed by atoms with Crippen molar-refractivity contribution in [1.29, 1.82) is 0 Å². The van der Waals surface area contributed by atoms with Crippen molar-refractivity contribution in [2.75, 3.05) is 20.3 Å². The standard InChI is InChI=1S/C15H21N3O3/c1-17-12-6-5-11(9-13(12)18(2)15(17)20)10-14(19)16-7-4-8-21-3/h5-6,9H,4,7-8,10H2,1-3H3,(H,16,19). The molecule has 0 radical (unpaired) electrons. The molecule has 0 atom stereocenters. The van der Waals surface area contributed by atoms with Gasteiger partial charge in [-0.1, -0.05) is 6.07 Å². The lowest BCUT2D eigenvalue weighted by atomic mass is 10.1. The van der Waals surface area contributed by atoms with Crippen molar-refractivity contribution in [1.82, 2.24) is 14.5 Å². The Labute approximate surface area is 123 Å². The van der Waals surface area contributed by atoms with Gasteiger partial charge in [-0.15, -0.1) is 0 Å². The van der Waals surface area contributed by atoms with Crippen molar-refractivity contribution in [3.05, 3.63) is 34.2 Å². The van der Waals surface area contributed by atoms with Gasteiger partial charge in [-0.25, -0.2) is 4.79 Å². The van der Waals surface area contributed by atoms with E-state index in [0.29, 0.717) is 19.6 Å². The second-order valence-electron chi connectivity index (χ2n) is 5.10. The molecule has 2 aromatic rings. The minimum absolute atomic E-state index is 0.0219. The fourth-order valence-electron chi connectivity index (χ4n) is 2.35. The van der Waals surface area contributed by atoms with Gasteiger partial charge in [-0.2, -0.15) is 0 Å². The lowest BCUT2D eigenvalue weighted by Gasteiger charge is -2.05. The first-order valence-corrected chi connectivity index (χ1v) is 6.94. The number of benzene rings is 1. The molecule has 0 aliphatic rings. The Morgan fingerprint density at radius 2 is 1.95 bits per heavy atom. The Morgan fingerprint density at radius 1 is 1.24 bits per heavy atom. The number of fused-ring (bicyclic) bond motifs is 1. The topological polar surface area (TPSA) is 65.3 Å². The highest BCUT2D eigenvalue weighted by Crippen LogP contribution is 2.14. The van der Waals surface area contributed by atoms with Crippen LogP contribution in [0.3, 0.4) is 0 Å². The van der Waals surface area contributed by atoms with Crippen LogP contribution in [0.2, 0.25) is 0 Å². The van der Waals surface area contributed by atoms with Gasteiger partial charge in [0.05, 0.1) is 17.5 Å². The van der Waals surface area contributed by atoms with Crippen LogP contribution in [0.4, 0.5) is 0 Å². The number of methoxy groups -OCH3 is 1. The van der Waals surface area contributed by atoms with Gasteiger partial charge in [0, 0.05) is 34.4 Å². The van der Waals surface area contributed by atoms with Gasteiger partial charge >= 0.3 is 5.69 Å². The van der Waals surface area contributed by atoms with E-state index in [9.17, 15) is 9.59 Å². The second kappa shape index (κ2) is 6.58. The highest BCUT2D eigenvalue weighted by Gasteiger charge is 2.09. The van der Waals surface area contributed by atoms with Gasteiger partial charge in [0.25, 0.3) is 0 Å². The fourth-order valence-corrected chi connectivity index (χ4v) is 2.35. The van der Waals surface area contributed by atoms with Gasteiger partial charge in [-0.05, 0) is 24.1 Å². The average Bonchev–Trinajstić information content (AvgIpc) is 2.68. The average molecular weight is 291 g/mol. The summed E-state index contributed by atoms with van der Waals surface area (Å²) in [6.07, 6.45) is 1.11. The van der Waals surface area contributed by atoms with Crippen molar-refractivity contribution in [2.45, 2.75) is 12.8 Å². The van der Waals surface area contributed by atoms with Crippen molar-refractivity contribution >= 4 is 16.9 Å². The number of hydrogen-bond donors (Lipinski definition) is 1. The lowest BCUT2D eigenvalue weighted by molar-refractivity contribution is -0.120. The van der Waals surface area contributed by atoms with Gasteiger partial charge in [-0.3, -0.25) is 13.9 Å². The number of imidazole rings is 1. The van der Waals surface area contributed by atoms with Crippen molar-refractivity contribution in [2.24, 2.45) is 14.1 Å². The van der Waals surface area contributed by atoms with Crippen LogP contribution in [-0.4, -0.2) is 35.3 Å². The van der Waals surface area contributed by atoms with E-state index in [0.717, 1.165) is 23.0 Å². The molecule has 0 saturated heterocycles. The number of rotatable bonds is 6. The Morgan fingerprint density at radius 3 is 2.67 bits per heavy atom. The number of aromatic nitrogens is 2. The van der Waals surface area contributed by atoms with Gasteiger partial charge < -0.3 is 10.1 Å². The first-order valence-electron chi connectivity index (χ1n) is 6.94. The van der Waals surface area contributed by atoms with E-state index in [2.05, 4.69) is 5.32 Å². The van der Waals surface area contributed by atoms with Crippen LogP contribution < -0.4 is 11.0 Å². The highest BCUT2D eigenvalue weighted by atomic mass is 16.5. The van der Waals surface area contributed by atoms with Crippen LogP contribution in [0.5, 0.6) is 0 Å². The summed E-state index contributed by atoms with van der Waals surface area (Å²) in [5.41, 5.74) is 2.54. The molecule has 1 aromatic carbocycles. The maximum absolute atomic E-state index is 11.9. The molecule has 21 heavy (non-hydrogen) atoms. The molecule has 1 amide bonds. The third-order valence-corrected chi connectivity index (χ3v) is 3.55. The maximum Gasteiger partial charge on any atom is 0.328 e. The third-order valence-electron chi connectivity index (χ3n) is 3.55. The van der Waals surface area contributed by atoms with E-state index in [1.54, 1.807) is 30.3 Å². The van der Waals surface area contributed by atoms with Gasteiger partial charge in [0.15, 0.2) is 0 Å². The molecule has 0 fully saturated rings. The van der Waals surface area contributed by atoms with Gasteiger partial charge in [0.2, 0.25) is 5.91 Å². The van der Waals surface area contributed by atoms with Crippen LogP contribution in [0.25, 0.3) is 11.0 Å². The van der Waals surface area contributed by atoms with E-state index >= 15 is 0 Å². The Bertz CT molecular complexity index is 700. The number of nitrogens with zero attached hydrogens (tertiary/aromatic N) is 2. The number of carbonyl (C=O) groups is 1. The Kier molecular flexibility index (Phi) is 4.80. The van der Waals surface area contributed by atoms with Crippen LogP contribution in [0.1, 0.15) is 12.0 Å². The number of nitrogens with one attached hydrogen (secondary N) is 1. The van der Waals surface area contributed by atoms with E-state index in [-0.39, 0.29) is 11.6 Å². The molecule has 114 valence electrons. The van der Waals surface area contributed by atoms with E-state index in [1.165, 1.54) is 0 Å². The van der Waals surface area contributed by atoms with E-state index < -0.39 is 0 Å². The normalized spacial score (nSPS) is 11.0. The molecule has 1 heterocycles. The van der Waals surface area contributed by atoms with Crippen LogP contribution >= 0.6 is 0 Å². The molecule has 2 rings (SSSR count). The monoisotopic (exact) mass is 291 g/mol. The Balaban J connectivity index is 2.08. The minimum atomic E-state index is -0.0637. The number of aryl methyl sites for hydroxylation is 2. The van der Waals surface area contributed by atoms with Gasteiger partial charge in [0.1, 0.15) is 0 Å². The molecule has 0 spiro atoms. The summed E-state index contributed by atoms with van der Waals surface area (Å²) in [5.74, 6) is -0.0219. The van der Waals surface area contributed by atoms with Crippen LogP contribution in [0, 0.1) is 0 Å². The van der Waals surface area contributed by atoms with E-state index in [4.69, 9.17) is 4.74 Å². The molecule has 0 bridgehead atoms. The summed E-state index contributed by atoms with van der Waals surface area (Å²) >= 11 is 0. The summed E-state index contributed by atoms with van der Waals surface area (Å²) in [5, 5.41) is 2.85. The maximum atomic E-state index is 11.9. The minimum Gasteiger partial charge on any atom is -0.385 e. The molecule has 6 heteroatoms. The zero-order valence-electron chi connectivity index (χ0n) is 12.7. The lowest BCUT2D eigenvalue weighted by Crippen LogP contribution is -2.26. The molecular weight excluding hydrogens is 270 g/mol. The summed E-state index contributed by atoms with van der Waals surface area (Å²) in [7, 11) is 5.12. The number of hydrogen-bond acceptors (Lipinski definition) is 3. The summed E-state index contributed by atoms with van der Waals surface area (Å²) in [6.45, 7) is 1.25. The molecule has 1 N–H and O–H groups in total. The summed E-state index contributed by atoms with van der Waals surface area (Å²) < 4.78 is 8.12. The number of amides is 1. The Hall–Kier alpha value is -2.08. The van der Waals surface area contributed by atoms with Crippen LogP contribution in [0.15, 0.2) is 23.0 Å². The van der Waals surface area contributed by atoms with E-state index in [1.807, 2.05) is 18.2 Å². The predicted octanol–water partition coefficient (Wildman–Crippen LogP) is 0.572. The van der Waals surface area contributed by atoms with Crippen LogP contribution in [-0.2, 0) is 30.0 Å². The quantitative estimate of drug-likeness (QED) is 0.792. The zero-order valence-corrected chi connectivity index (χ0v) is 12.7. The smallest absolute Gasteiger partial charge is 0.328 e. The largest absolute Gasteiger partial charge is 0.385 e. The summed E-state index contributed by atoms with van der Waals surface area (Å²) in [6, 6.07) is 5.66. The SMILES string of the molecule is COCCCNC(=O)Cc1ccc2c(c1)n(C)c(=O)n2C. The second-order valence-corrected chi connectivity index (χ2v) is 5.10. The molecule has 0 aliphatic carbocycles. The molecule has 1 aromatic heterocycles. The summed E-state index contributed by atoms with van der Waals surface area (Å²) in [4.78, 5) is 23.7. The zero-order chi connectivity index (χ0) is 15.4. The highest BCUT2D eigenvalue weighted by molar-refractivity contribution is 5.82. The fraction of sp³-hybridized carbons (Fsp3) is 0.467. The van der Waals surface area contributed by atoms with Crippen molar-refractivity contribution in [3.8, 4) is 0 Å². The van der Waals surface area contributed by atoms with Crippen molar-refractivity contribution < 1.29 is 9.53 Å². The first kappa shape index (κ1) is 15.3. The molecular formula is C15H21N3O3. The molecule has 0 saturated carbocycles. The van der Waals surface area contributed by atoms with Crippen molar-refractivity contribution in [3.63, 3.8) is 0 Å². The predicted molar refractivity (Wildman–Crippen MR) is 81.4 cm³/mol. The molecule has 0 aliphatic heterocycles. The third kappa shape index (κ3) is 3.33. The number of ether oxygens (including phenoxy) is 1. The molecule has 6 nitrogen and oxygen atoms in total. The molecule has 0 unspecified atom stereocenters.